The first-order valence-corrected chi connectivity index (χ1v) is 9.34. The number of hydrogen-bond donors (Lipinski definition) is 1. The summed E-state index contributed by atoms with van der Waals surface area (Å²) in [6, 6.07) is 10.6. The molecule has 2 aromatic rings. The van der Waals surface area contributed by atoms with Gasteiger partial charge in [0.2, 0.25) is 0 Å². The monoisotopic (exact) mass is 414 g/mol. The molecule has 0 aliphatic heterocycles. The Kier molecular flexibility index (Phi) is 6.20. The lowest BCUT2D eigenvalue weighted by molar-refractivity contribution is -0.384. The highest BCUT2D eigenvalue weighted by Gasteiger charge is 2.44. The Labute approximate surface area is 171 Å². The second kappa shape index (κ2) is 8.81. The molecule has 3 rings (SSSR count). The van der Waals surface area contributed by atoms with Gasteiger partial charge in [-0.05, 0) is 36.6 Å². The normalized spacial score (nSPS) is 14.7. The molecule has 1 aliphatic carbocycles. The number of ether oxygens (including phenoxy) is 1. The summed E-state index contributed by atoms with van der Waals surface area (Å²) < 4.78 is 18.8. The summed E-state index contributed by atoms with van der Waals surface area (Å²) in [5.41, 5.74) is -0.888. The van der Waals surface area contributed by atoms with E-state index in [0.29, 0.717) is 18.4 Å². The van der Waals surface area contributed by atoms with E-state index in [2.05, 4.69) is 0 Å². The van der Waals surface area contributed by atoms with Gasteiger partial charge in [-0.25, -0.2) is 4.39 Å². The van der Waals surface area contributed by atoms with Gasteiger partial charge in [0.05, 0.1) is 10.3 Å². The number of nitrogens with zero attached hydrogens (tertiary/aromatic N) is 1. The zero-order chi connectivity index (χ0) is 21.7. The molecular formula is C21H19FN2O6. The molecule has 30 heavy (non-hydrogen) atoms. The van der Waals surface area contributed by atoms with Gasteiger partial charge in [0, 0.05) is 17.7 Å². The van der Waals surface area contributed by atoms with Gasteiger partial charge in [-0.15, -0.1) is 0 Å². The fourth-order valence-electron chi connectivity index (χ4n) is 3.64. The minimum absolute atomic E-state index is 0.0732. The van der Waals surface area contributed by atoms with Crippen LogP contribution in [0.4, 0.5) is 10.1 Å². The number of nitro groups is 1. The smallest absolute Gasteiger partial charge is 0.317 e. The van der Waals surface area contributed by atoms with E-state index in [1.165, 1.54) is 36.4 Å². The van der Waals surface area contributed by atoms with E-state index < -0.39 is 40.5 Å². The Bertz CT molecular complexity index is 1000. The predicted octanol–water partition coefficient (Wildman–Crippen LogP) is 3.05. The van der Waals surface area contributed by atoms with Crippen molar-refractivity contribution in [2.24, 2.45) is 0 Å². The number of non-ortho nitro benzene ring substituents is 1. The Balaban J connectivity index is 1.63. The van der Waals surface area contributed by atoms with Crippen molar-refractivity contribution in [1.82, 2.24) is 5.32 Å². The summed E-state index contributed by atoms with van der Waals surface area (Å²) in [5, 5.41) is 12.8. The standard InChI is InChI=1S/C21H19FN2O6/c22-16-7-4-6-15(12-16)21(9-1-2-10-21)20(27)30-13-18(25)23-19(26)14-5-3-8-17(11-14)24(28)29/h3-8,11-12H,1-2,9-10,13H2,(H,23,25,26). The van der Waals surface area contributed by atoms with Crippen LogP contribution in [0.2, 0.25) is 0 Å². The molecular weight excluding hydrogens is 395 g/mol. The average Bonchev–Trinajstić information content (AvgIpc) is 3.23. The summed E-state index contributed by atoms with van der Waals surface area (Å²) in [4.78, 5) is 47.1. The number of carbonyl (C=O) groups is 3. The van der Waals surface area contributed by atoms with Gasteiger partial charge in [0.15, 0.2) is 6.61 Å². The predicted molar refractivity (Wildman–Crippen MR) is 103 cm³/mol. The fourth-order valence-corrected chi connectivity index (χ4v) is 3.64. The maximum Gasteiger partial charge on any atom is 0.317 e. The summed E-state index contributed by atoms with van der Waals surface area (Å²) in [5.74, 6) is -2.83. The van der Waals surface area contributed by atoms with E-state index in [1.807, 2.05) is 5.32 Å². The quantitative estimate of drug-likeness (QED) is 0.441. The number of hydrogen-bond acceptors (Lipinski definition) is 6. The van der Waals surface area contributed by atoms with Crippen molar-refractivity contribution >= 4 is 23.5 Å². The molecule has 0 heterocycles. The van der Waals surface area contributed by atoms with Crippen LogP contribution in [-0.2, 0) is 19.7 Å². The maximum absolute atomic E-state index is 13.7. The van der Waals surface area contributed by atoms with Crippen LogP contribution in [0.25, 0.3) is 0 Å². The lowest BCUT2D eigenvalue weighted by atomic mass is 9.79. The van der Waals surface area contributed by atoms with Crippen LogP contribution >= 0.6 is 0 Å². The number of amides is 2. The van der Waals surface area contributed by atoms with Crippen LogP contribution < -0.4 is 5.32 Å². The van der Waals surface area contributed by atoms with Gasteiger partial charge in [-0.2, -0.15) is 0 Å². The van der Waals surface area contributed by atoms with Crippen molar-refractivity contribution in [1.29, 1.82) is 0 Å². The Morgan fingerprint density at radius 1 is 1.10 bits per heavy atom. The molecule has 1 aliphatic rings. The first-order valence-electron chi connectivity index (χ1n) is 9.34. The van der Waals surface area contributed by atoms with Crippen molar-refractivity contribution in [2.45, 2.75) is 31.1 Å². The molecule has 156 valence electrons. The zero-order valence-corrected chi connectivity index (χ0v) is 15.9. The molecule has 1 N–H and O–H groups in total. The highest BCUT2D eigenvalue weighted by Crippen LogP contribution is 2.42. The van der Waals surface area contributed by atoms with Crippen LogP contribution in [0.1, 0.15) is 41.6 Å². The first kappa shape index (κ1) is 21.1. The summed E-state index contributed by atoms with van der Waals surface area (Å²) in [6.07, 6.45) is 2.49. The topological polar surface area (TPSA) is 116 Å². The van der Waals surface area contributed by atoms with Gasteiger partial charge in [-0.3, -0.25) is 29.8 Å². The Morgan fingerprint density at radius 2 is 1.80 bits per heavy atom. The van der Waals surface area contributed by atoms with Crippen LogP contribution in [-0.4, -0.2) is 29.3 Å². The SMILES string of the molecule is O=C(COC(=O)C1(c2cccc(F)c2)CCCC1)NC(=O)c1cccc([N+](=O)[O-])c1. The summed E-state index contributed by atoms with van der Waals surface area (Å²) >= 11 is 0. The van der Waals surface area contributed by atoms with E-state index >= 15 is 0 Å². The molecule has 0 bridgehead atoms. The molecule has 0 radical (unpaired) electrons. The number of benzene rings is 2. The molecule has 8 nitrogen and oxygen atoms in total. The van der Waals surface area contributed by atoms with Gasteiger partial charge in [0.1, 0.15) is 5.82 Å². The molecule has 0 atom stereocenters. The van der Waals surface area contributed by atoms with E-state index in [9.17, 15) is 28.9 Å². The van der Waals surface area contributed by atoms with E-state index in [1.54, 1.807) is 6.07 Å². The highest BCUT2D eigenvalue weighted by atomic mass is 19.1. The van der Waals surface area contributed by atoms with Crippen molar-refractivity contribution in [3.05, 3.63) is 75.6 Å². The second-order valence-electron chi connectivity index (χ2n) is 7.06. The third-order valence-electron chi connectivity index (χ3n) is 5.13. The maximum atomic E-state index is 13.7. The molecule has 0 unspecified atom stereocenters. The van der Waals surface area contributed by atoms with Crippen molar-refractivity contribution < 1.29 is 28.4 Å². The Hall–Kier alpha value is -3.62. The third-order valence-corrected chi connectivity index (χ3v) is 5.13. The molecule has 1 saturated carbocycles. The van der Waals surface area contributed by atoms with Crippen LogP contribution in [0.15, 0.2) is 48.5 Å². The van der Waals surface area contributed by atoms with Gasteiger partial charge < -0.3 is 4.74 Å². The zero-order valence-electron chi connectivity index (χ0n) is 15.9. The minimum atomic E-state index is -1.02. The number of carbonyl (C=O) groups excluding carboxylic acids is 3. The fraction of sp³-hybridized carbons (Fsp3) is 0.286. The first-order chi connectivity index (χ1) is 14.3. The van der Waals surface area contributed by atoms with Crippen LogP contribution in [0, 0.1) is 15.9 Å². The highest BCUT2D eigenvalue weighted by molar-refractivity contribution is 6.05. The number of imide groups is 1. The minimum Gasteiger partial charge on any atom is -0.455 e. The Morgan fingerprint density at radius 3 is 2.47 bits per heavy atom. The summed E-state index contributed by atoms with van der Waals surface area (Å²) in [7, 11) is 0. The number of rotatable bonds is 6. The lowest BCUT2D eigenvalue weighted by Gasteiger charge is -2.27. The van der Waals surface area contributed by atoms with E-state index in [-0.39, 0.29) is 11.3 Å². The van der Waals surface area contributed by atoms with Crippen molar-refractivity contribution in [3.8, 4) is 0 Å². The average molecular weight is 414 g/mol. The summed E-state index contributed by atoms with van der Waals surface area (Å²) in [6.45, 7) is -0.698. The number of nitro benzene ring substituents is 1. The number of esters is 1. The van der Waals surface area contributed by atoms with Gasteiger partial charge in [-0.1, -0.05) is 31.0 Å². The van der Waals surface area contributed by atoms with E-state index in [0.717, 1.165) is 18.9 Å². The van der Waals surface area contributed by atoms with Crippen molar-refractivity contribution in [3.63, 3.8) is 0 Å². The number of halogens is 1. The van der Waals surface area contributed by atoms with Gasteiger partial charge >= 0.3 is 5.97 Å². The number of nitrogens with one attached hydrogen (secondary N) is 1. The molecule has 2 aromatic carbocycles. The molecule has 0 aromatic heterocycles. The largest absolute Gasteiger partial charge is 0.455 e. The van der Waals surface area contributed by atoms with E-state index in [4.69, 9.17) is 4.74 Å². The third kappa shape index (κ3) is 4.51. The molecule has 0 saturated heterocycles. The molecule has 2 amide bonds. The molecule has 0 spiro atoms. The second-order valence-corrected chi connectivity index (χ2v) is 7.06. The molecule has 9 heteroatoms. The van der Waals surface area contributed by atoms with Gasteiger partial charge in [0.25, 0.3) is 17.5 Å². The van der Waals surface area contributed by atoms with Crippen LogP contribution in [0.3, 0.4) is 0 Å². The van der Waals surface area contributed by atoms with Crippen LogP contribution in [0.5, 0.6) is 0 Å². The van der Waals surface area contributed by atoms with Crippen molar-refractivity contribution in [2.75, 3.05) is 6.61 Å². The lowest BCUT2D eigenvalue weighted by Crippen LogP contribution is -2.39. The molecule has 1 fully saturated rings.